The number of hydrogen-bond acceptors (Lipinski definition) is 2. The summed E-state index contributed by atoms with van der Waals surface area (Å²) in [5, 5.41) is 1.14. The van der Waals surface area contributed by atoms with Crippen molar-refractivity contribution in [3.8, 4) is 0 Å². The molecule has 3 heterocycles. The zero-order valence-corrected chi connectivity index (χ0v) is 17.6. The van der Waals surface area contributed by atoms with Crippen LogP contribution in [0.25, 0.3) is 10.9 Å². The zero-order valence-electron chi connectivity index (χ0n) is 17.6. The third-order valence-electron chi connectivity index (χ3n) is 6.79. The number of benzene rings is 2. The van der Waals surface area contributed by atoms with Gasteiger partial charge < -0.3 is 14.4 Å². The van der Waals surface area contributed by atoms with Crippen LogP contribution in [0.2, 0.25) is 0 Å². The highest BCUT2D eigenvalue weighted by atomic mass is 16.2. The summed E-state index contributed by atoms with van der Waals surface area (Å²) >= 11 is 0. The van der Waals surface area contributed by atoms with Crippen molar-refractivity contribution in [3.05, 3.63) is 70.9 Å². The molecule has 2 amide bonds. The Morgan fingerprint density at radius 1 is 1.00 bits per heavy atom. The summed E-state index contributed by atoms with van der Waals surface area (Å²) in [5.41, 5.74) is 5.10. The maximum Gasteiger partial charge on any atom is 0.255 e. The zero-order chi connectivity index (χ0) is 20.8. The van der Waals surface area contributed by atoms with Gasteiger partial charge in [0.15, 0.2) is 0 Å². The van der Waals surface area contributed by atoms with Crippen LogP contribution in [-0.4, -0.2) is 45.8 Å². The minimum Gasteiger partial charge on any atom is -0.348 e. The molecule has 2 aromatic carbocycles. The van der Waals surface area contributed by atoms with Crippen LogP contribution in [-0.2, 0) is 11.8 Å². The molecule has 1 atom stereocenters. The van der Waals surface area contributed by atoms with Gasteiger partial charge in [-0.3, -0.25) is 9.59 Å². The molecule has 0 radical (unpaired) electrons. The number of para-hydroxylation sites is 1. The number of carbonyl (C=O) groups is 2. The Hall–Kier alpha value is -3.08. The number of rotatable bonds is 3. The fourth-order valence-corrected chi connectivity index (χ4v) is 5.13. The summed E-state index contributed by atoms with van der Waals surface area (Å²) in [6, 6.07) is 15.9. The van der Waals surface area contributed by atoms with Crippen molar-refractivity contribution in [1.82, 2.24) is 14.4 Å². The highest BCUT2D eigenvalue weighted by Crippen LogP contribution is 2.43. The number of hydrogen-bond donors (Lipinski definition) is 0. The van der Waals surface area contributed by atoms with E-state index >= 15 is 0 Å². The van der Waals surface area contributed by atoms with Gasteiger partial charge in [-0.15, -0.1) is 0 Å². The van der Waals surface area contributed by atoms with Crippen molar-refractivity contribution in [2.75, 3.05) is 19.6 Å². The summed E-state index contributed by atoms with van der Waals surface area (Å²) < 4.78 is 2.18. The molecule has 0 bridgehead atoms. The number of amides is 2. The molecule has 3 aromatic rings. The van der Waals surface area contributed by atoms with Crippen LogP contribution in [0.3, 0.4) is 0 Å². The Bertz CT molecular complexity index is 1140. The molecule has 5 rings (SSSR count). The van der Waals surface area contributed by atoms with E-state index in [2.05, 4.69) is 30.7 Å². The van der Waals surface area contributed by atoms with Crippen LogP contribution in [0.4, 0.5) is 0 Å². The predicted molar refractivity (Wildman–Crippen MR) is 117 cm³/mol. The van der Waals surface area contributed by atoms with E-state index in [1.165, 1.54) is 6.42 Å². The van der Waals surface area contributed by atoms with Gasteiger partial charge in [0.2, 0.25) is 5.91 Å². The lowest BCUT2D eigenvalue weighted by Gasteiger charge is -2.31. The van der Waals surface area contributed by atoms with Crippen molar-refractivity contribution < 1.29 is 9.59 Å². The van der Waals surface area contributed by atoms with Gasteiger partial charge in [0.05, 0.1) is 6.04 Å². The van der Waals surface area contributed by atoms with Crippen molar-refractivity contribution in [3.63, 3.8) is 0 Å². The van der Waals surface area contributed by atoms with Crippen molar-refractivity contribution in [1.29, 1.82) is 0 Å². The third-order valence-corrected chi connectivity index (χ3v) is 6.79. The first kappa shape index (κ1) is 18.9. The molecule has 0 saturated carbocycles. The Morgan fingerprint density at radius 3 is 2.50 bits per heavy atom. The van der Waals surface area contributed by atoms with Crippen LogP contribution in [0.15, 0.2) is 48.5 Å². The smallest absolute Gasteiger partial charge is 0.255 e. The van der Waals surface area contributed by atoms with Crippen molar-refractivity contribution in [2.24, 2.45) is 7.05 Å². The summed E-state index contributed by atoms with van der Waals surface area (Å²) in [7, 11) is 2.06. The average Bonchev–Trinajstić information content (AvgIpc) is 3.20. The SMILES string of the molecule is Cc1c([C@@H]2c3ccccc3C(=O)N2CC(=O)N2CCCCC2)c2ccccc2n1C. The highest BCUT2D eigenvalue weighted by molar-refractivity contribution is 6.02. The van der Waals surface area contributed by atoms with Crippen LogP contribution >= 0.6 is 0 Å². The first-order valence-corrected chi connectivity index (χ1v) is 10.8. The van der Waals surface area contributed by atoms with Gasteiger partial charge in [-0.05, 0) is 43.9 Å². The standard InChI is InChI=1S/C25H27N3O2/c1-17-23(20-12-6-7-13-21(20)26(17)2)24-18-10-4-5-11-19(18)25(30)28(24)16-22(29)27-14-8-3-9-15-27/h4-7,10-13,24H,3,8-9,14-16H2,1-2H3/t24-/m0/s1. The number of aryl methyl sites for hydroxylation is 1. The third kappa shape index (κ3) is 2.83. The number of likely N-dealkylation sites (tertiary alicyclic amines) is 1. The number of piperidine rings is 1. The number of fused-ring (bicyclic) bond motifs is 2. The quantitative estimate of drug-likeness (QED) is 0.665. The maximum absolute atomic E-state index is 13.4. The molecule has 1 saturated heterocycles. The minimum atomic E-state index is -0.242. The molecule has 1 aromatic heterocycles. The van der Waals surface area contributed by atoms with Crippen LogP contribution < -0.4 is 0 Å². The summed E-state index contributed by atoms with van der Waals surface area (Å²) in [4.78, 5) is 30.2. The van der Waals surface area contributed by atoms with E-state index in [1.807, 2.05) is 41.3 Å². The molecule has 0 unspecified atom stereocenters. The summed E-state index contributed by atoms with van der Waals surface area (Å²) in [5.74, 6) is 0.00652. The van der Waals surface area contributed by atoms with E-state index in [0.29, 0.717) is 5.56 Å². The van der Waals surface area contributed by atoms with Crippen LogP contribution in [0.5, 0.6) is 0 Å². The lowest BCUT2D eigenvalue weighted by atomic mass is 9.95. The lowest BCUT2D eigenvalue weighted by molar-refractivity contribution is -0.133. The number of nitrogens with zero attached hydrogens (tertiary/aromatic N) is 3. The molecular weight excluding hydrogens is 374 g/mol. The van der Waals surface area contributed by atoms with E-state index in [-0.39, 0.29) is 24.4 Å². The second-order valence-electron chi connectivity index (χ2n) is 8.44. The van der Waals surface area contributed by atoms with E-state index in [9.17, 15) is 9.59 Å². The number of aromatic nitrogens is 1. The Balaban J connectivity index is 1.61. The molecule has 0 N–H and O–H groups in total. The minimum absolute atomic E-state index is 0.0479. The molecular formula is C25H27N3O2. The Morgan fingerprint density at radius 2 is 1.70 bits per heavy atom. The topological polar surface area (TPSA) is 45.6 Å². The first-order valence-electron chi connectivity index (χ1n) is 10.8. The lowest BCUT2D eigenvalue weighted by Crippen LogP contribution is -2.44. The van der Waals surface area contributed by atoms with E-state index in [0.717, 1.165) is 53.7 Å². The molecule has 2 aliphatic rings. The van der Waals surface area contributed by atoms with Crippen molar-refractivity contribution >= 4 is 22.7 Å². The fraction of sp³-hybridized carbons (Fsp3) is 0.360. The van der Waals surface area contributed by atoms with E-state index < -0.39 is 0 Å². The highest BCUT2D eigenvalue weighted by Gasteiger charge is 2.41. The Labute approximate surface area is 176 Å². The first-order chi connectivity index (χ1) is 14.6. The van der Waals surface area contributed by atoms with Gasteiger partial charge in [0, 0.05) is 47.9 Å². The molecule has 5 heteroatoms. The van der Waals surface area contributed by atoms with Gasteiger partial charge in [0.1, 0.15) is 6.54 Å². The van der Waals surface area contributed by atoms with Crippen molar-refractivity contribution in [2.45, 2.75) is 32.2 Å². The molecule has 154 valence electrons. The summed E-state index contributed by atoms with van der Waals surface area (Å²) in [6.07, 6.45) is 3.27. The van der Waals surface area contributed by atoms with Crippen LogP contribution in [0, 0.1) is 6.92 Å². The normalized spacial score (nSPS) is 18.9. The molecule has 0 spiro atoms. The largest absolute Gasteiger partial charge is 0.348 e. The van der Waals surface area contributed by atoms with Gasteiger partial charge in [-0.1, -0.05) is 36.4 Å². The monoisotopic (exact) mass is 401 g/mol. The van der Waals surface area contributed by atoms with Gasteiger partial charge in [-0.2, -0.15) is 0 Å². The molecule has 5 nitrogen and oxygen atoms in total. The second kappa shape index (κ2) is 7.31. The van der Waals surface area contributed by atoms with Crippen LogP contribution in [0.1, 0.15) is 52.5 Å². The fourth-order valence-electron chi connectivity index (χ4n) is 5.13. The van der Waals surface area contributed by atoms with Gasteiger partial charge in [-0.25, -0.2) is 0 Å². The molecule has 30 heavy (non-hydrogen) atoms. The van der Waals surface area contributed by atoms with Gasteiger partial charge in [0.25, 0.3) is 5.91 Å². The average molecular weight is 402 g/mol. The van der Waals surface area contributed by atoms with Gasteiger partial charge >= 0.3 is 0 Å². The Kier molecular flexibility index (Phi) is 4.61. The molecule has 2 aliphatic heterocycles. The number of carbonyl (C=O) groups excluding carboxylic acids is 2. The molecule has 0 aliphatic carbocycles. The van der Waals surface area contributed by atoms with E-state index in [1.54, 1.807) is 4.90 Å². The second-order valence-corrected chi connectivity index (χ2v) is 8.44. The maximum atomic E-state index is 13.4. The predicted octanol–water partition coefficient (Wildman–Crippen LogP) is 4.04. The van der Waals surface area contributed by atoms with E-state index in [4.69, 9.17) is 0 Å². The summed E-state index contributed by atoms with van der Waals surface area (Å²) in [6.45, 7) is 3.82. The molecule has 1 fully saturated rings.